The van der Waals surface area contributed by atoms with Crippen molar-refractivity contribution in [2.75, 3.05) is 6.54 Å². The van der Waals surface area contributed by atoms with E-state index >= 15 is 0 Å². The topological polar surface area (TPSA) is 12.0 Å². The maximum atomic E-state index is 13.6. The third-order valence-corrected chi connectivity index (χ3v) is 4.00. The number of hydrogen-bond acceptors (Lipinski definition) is 1. The van der Waals surface area contributed by atoms with Gasteiger partial charge in [-0.25, -0.2) is 4.39 Å². The predicted molar refractivity (Wildman–Crippen MR) is 85.5 cm³/mol. The van der Waals surface area contributed by atoms with Gasteiger partial charge in [0.2, 0.25) is 0 Å². The van der Waals surface area contributed by atoms with E-state index in [0.717, 1.165) is 22.1 Å². The molecule has 0 aliphatic rings. The Bertz CT molecular complexity index is 610. The summed E-state index contributed by atoms with van der Waals surface area (Å²) in [6, 6.07) is 11.2. The van der Waals surface area contributed by atoms with Crippen molar-refractivity contribution in [2.45, 2.75) is 26.8 Å². The minimum Gasteiger partial charge on any atom is -0.307 e. The normalized spacial score (nSPS) is 12.4. The highest BCUT2D eigenvalue weighted by Gasteiger charge is 2.17. The number of rotatable bonds is 4. The molecule has 0 aliphatic carbocycles. The SMILES string of the molecule is CCNC(c1ccc(Br)cc1C)c1cc(F)ccc1C. The van der Waals surface area contributed by atoms with Crippen LogP contribution in [0.15, 0.2) is 40.9 Å². The van der Waals surface area contributed by atoms with E-state index in [4.69, 9.17) is 0 Å². The summed E-state index contributed by atoms with van der Waals surface area (Å²) in [7, 11) is 0. The highest BCUT2D eigenvalue weighted by molar-refractivity contribution is 9.10. The van der Waals surface area contributed by atoms with Crippen molar-refractivity contribution in [1.82, 2.24) is 5.32 Å². The first-order chi connectivity index (χ1) is 9.52. The molecule has 0 fully saturated rings. The molecule has 0 aromatic heterocycles. The van der Waals surface area contributed by atoms with Gasteiger partial charge in [0.1, 0.15) is 5.82 Å². The van der Waals surface area contributed by atoms with Gasteiger partial charge in [-0.2, -0.15) is 0 Å². The third kappa shape index (κ3) is 3.28. The van der Waals surface area contributed by atoms with Crippen molar-refractivity contribution in [3.63, 3.8) is 0 Å². The minimum atomic E-state index is -0.191. The molecule has 20 heavy (non-hydrogen) atoms. The molecular formula is C17H19BrFN. The van der Waals surface area contributed by atoms with Gasteiger partial charge in [0, 0.05) is 4.47 Å². The molecule has 0 saturated heterocycles. The Morgan fingerprint density at radius 2 is 1.80 bits per heavy atom. The molecule has 1 unspecified atom stereocenters. The lowest BCUT2D eigenvalue weighted by Gasteiger charge is -2.23. The highest BCUT2D eigenvalue weighted by atomic mass is 79.9. The summed E-state index contributed by atoms with van der Waals surface area (Å²) in [6.07, 6.45) is 0. The van der Waals surface area contributed by atoms with Crippen LogP contribution in [0.2, 0.25) is 0 Å². The Kier molecular flexibility index (Phi) is 4.95. The Morgan fingerprint density at radius 3 is 2.45 bits per heavy atom. The molecule has 0 spiro atoms. The highest BCUT2D eigenvalue weighted by Crippen LogP contribution is 2.29. The standard InChI is InChI=1S/C17H19BrFN/c1-4-20-17(15-8-6-13(18)9-12(15)3)16-10-14(19)7-5-11(16)2/h5-10,17,20H,4H2,1-3H3. The molecule has 1 atom stereocenters. The summed E-state index contributed by atoms with van der Waals surface area (Å²) >= 11 is 3.49. The summed E-state index contributed by atoms with van der Waals surface area (Å²) < 4.78 is 14.7. The van der Waals surface area contributed by atoms with E-state index < -0.39 is 0 Å². The van der Waals surface area contributed by atoms with Gasteiger partial charge >= 0.3 is 0 Å². The number of nitrogens with one attached hydrogen (secondary N) is 1. The molecule has 0 saturated carbocycles. The Balaban J connectivity index is 2.53. The van der Waals surface area contributed by atoms with Crippen molar-refractivity contribution in [3.05, 3.63) is 68.9 Å². The Labute approximate surface area is 128 Å². The molecule has 0 heterocycles. The fourth-order valence-corrected chi connectivity index (χ4v) is 2.95. The summed E-state index contributed by atoms with van der Waals surface area (Å²) in [5.74, 6) is -0.191. The first-order valence-corrected chi connectivity index (χ1v) is 7.57. The lowest BCUT2D eigenvalue weighted by molar-refractivity contribution is 0.599. The van der Waals surface area contributed by atoms with E-state index in [1.165, 1.54) is 17.2 Å². The second kappa shape index (κ2) is 6.51. The van der Waals surface area contributed by atoms with E-state index in [1.54, 1.807) is 6.07 Å². The second-order valence-corrected chi connectivity index (χ2v) is 5.91. The lowest BCUT2D eigenvalue weighted by atomic mass is 9.92. The van der Waals surface area contributed by atoms with Crippen molar-refractivity contribution in [2.24, 2.45) is 0 Å². The number of benzene rings is 2. The molecule has 2 aromatic rings. The monoisotopic (exact) mass is 335 g/mol. The lowest BCUT2D eigenvalue weighted by Crippen LogP contribution is -2.23. The fourth-order valence-electron chi connectivity index (χ4n) is 2.48. The van der Waals surface area contributed by atoms with Crippen LogP contribution in [0.4, 0.5) is 4.39 Å². The Hall–Kier alpha value is -1.19. The molecule has 0 radical (unpaired) electrons. The van der Waals surface area contributed by atoms with Crippen LogP contribution in [-0.2, 0) is 0 Å². The van der Waals surface area contributed by atoms with Crippen LogP contribution in [-0.4, -0.2) is 6.54 Å². The van der Waals surface area contributed by atoms with Crippen LogP contribution in [0.1, 0.15) is 35.2 Å². The van der Waals surface area contributed by atoms with Crippen LogP contribution < -0.4 is 5.32 Å². The van der Waals surface area contributed by atoms with Gasteiger partial charge in [0.15, 0.2) is 0 Å². The molecule has 2 rings (SSSR count). The van der Waals surface area contributed by atoms with Crippen molar-refractivity contribution in [3.8, 4) is 0 Å². The molecule has 0 bridgehead atoms. The first kappa shape index (κ1) is 15.2. The van der Waals surface area contributed by atoms with Gasteiger partial charge in [-0.1, -0.05) is 35.0 Å². The zero-order valence-corrected chi connectivity index (χ0v) is 13.6. The fraction of sp³-hybridized carbons (Fsp3) is 0.294. The van der Waals surface area contributed by atoms with Gasteiger partial charge in [-0.15, -0.1) is 0 Å². The molecule has 2 aromatic carbocycles. The van der Waals surface area contributed by atoms with Crippen LogP contribution in [0.25, 0.3) is 0 Å². The maximum Gasteiger partial charge on any atom is 0.123 e. The average Bonchev–Trinajstić information content (AvgIpc) is 2.40. The van der Waals surface area contributed by atoms with Gasteiger partial charge < -0.3 is 5.32 Å². The first-order valence-electron chi connectivity index (χ1n) is 6.78. The summed E-state index contributed by atoms with van der Waals surface area (Å²) in [4.78, 5) is 0. The van der Waals surface area contributed by atoms with Gasteiger partial charge in [-0.05, 0) is 66.9 Å². The minimum absolute atomic E-state index is 0.0174. The van der Waals surface area contributed by atoms with Crippen LogP contribution in [0.3, 0.4) is 0 Å². The Morgan fingerprint density at radius 1 is 1.05 bits per heavy atom. The van der Waals surface area contributed by atoms with E-state index in [-0.39, 0.29) is 11.9 Å². The number of hydrogen-bond donors (Lipinski definition) is 1. The zero-order chi connectivity index (χ0) is 14.7. The largest absolute Gasteiger partial charge is 0.307 e. The number of aryl methyl sites for hydroxylation is 2. The number of halogens is 2. The second-order valence-electron chi connectivity index (χ2n) is 4.99. The van der Waals surface area contributed by atoms with Crippen molar-refractivity contribution in [1.29, 1.82) is 0 Å². The molecule has 0 aliphatic heterocycles. The molecule has 0 amide bonds. The predicted octanol–water partition coefficient (Wildman–Crippen LogP) is 4.90. The average molecular weight is 336 g/mol. The molecule has 106 valence electrons. The van der Waals surface area contributed by atoms with E-state index in [0.29, 0.717) is 0 Å². The third-order valence-electron chi connectivity index (χ3n) is 3.50. The summed E-state index contributed by atoms with van der Waals surface area (Å²) in [5.41, 5.74) is 4.47. The van der Waals surface area contributed by atoms with Crippen molar-refractivity contribution >= 4 is 15.9 Å². The van der Waals surface area contributed by atoms with Crippen molar-refractivity contribution < 1.29 is 4.39 Å². The maximum absolute atomic E-state index is 13.6. The molecule has 3 heteroatoms. The van der Waals surface area contributed by atoms with Gasteiger partial charge in [-0.3, -0.25) is 0 Å². The quantitative estimate of drug-likeness (QED) is 0.837. The van der Waals surface area contributed by atoms with E-state index in [1.807, 2.05) is 19.1 Å². The summed E-state index contributed by atoms with van der Waals surface area (Å²) in [6.45, 7) is 7.00. The van der Waals surface area contributed by atoms with E-state index in [9.17, 15) is 4.39 Å². The van der Waals surface area contributed by atoms with Crippen LogP contribution in [0, 0.1) is 19.7 Å². The zero-order valence-electron chi connectivity index (χ0n) is 12.0. The van der Waals surface area contributed by atoms with Gasteiger partial charge in [0.25, 0.3) is 0 Å². The molecular weight excluding hydrogens is 317 g/mol. The van der Waals surface area contributed by atoms with Gasteiger partial charge in [0.05, 0.1) is 6.04 Å². The van der Waals surface area contributed by atoms with Crippen LogP contribution >= 0.6 is 15.9 Å². The molecule has 1 N–H and O–H groups in total. The van der Waals surface area contributed by atoms with Crippen LogP contribution in [0.5, 0.6) is 0 Å². The summed E-state index contributed by atoms with van der Waals surface area (Å²) in [5, 5.41) is 3.46. The smallest absolute Gasteiger partial charge is 0.123 e. The van der Waals surface area contributed by atoms with E-state index in [2.05, 4.69) is 47.2 Å². The molecule has 1 nitrogen and oxygen atoms in total.